The summed E-state index contributed by atoms with van der Waals surface area (Å²) in [6.45, 7) is 4.47. The van der Waals surface area contributed by atoms with Crippen LogP contribution in [-0.4, -0.2) is 18.5 Å². The van der Waals surface area contributed by atoms with E-state index in [4.69, 9.17) is 16.3 Å². The van der Waals surface area contributed by atoms with Crippen molar-refractivity contribution in [1.29, 1.82) is 0 Å². The van der Waals surface area contributed by atoms with Crippen molar-refractivity contribution in [2.45, 2.75) is 32.8 Å². The molecule has 1 atom stereocenters. The molecule has 3 heteroatoms. The first-order valence-electron chi connectivity index (χ1n) is 5.61. The molecule has 0 aliphatic carbocycles. The number of Topliss-reactive ketones (excluding diaryl/α,β-unsaturated/α-hetero) is 1. The van der Waals surface area contributed by atoms with Crippen molar-refractivity contribution in [2.75, 3.05) is 6.61 Å². The number of carbonyl (C=O) groups excluding carboxylic acids is 1. The van der Waals surface area contributed by atoms with Crippen LogP contribution in [0.25, 0.3) is 0 Å². The molecule has 16 heavy (non-hydrogen) atoms. The van der Waals surface area contributed by atoms with Crippen molar-refractivity contribution in [2.24, 2.45) is 0 Å². The lowest BCUT2D eigenvalue weighted by molar-refractivity contribution is 0.0423. The van der Waals surface area contributed by atoms with Crippen LogP contribution in [0, 0.1) is 0 Å². The molecule has 2 nitrogen and oxygen atoms in total. The van der Waals surface area contributed by atoms with E-state index in [2.05, 4.69) is 0 Å². The van der Waals surface area contributed by atoms with E-state index in [0.717, 1.165) is 12.8 Å². The van der Waals surface area contributed by atoms with Gasteiger partial charge in [-0.15, -0.1) is 0 Å². The molecule has 1 aromatic rings. The first kappa shape index (κ1) is 13.2. The zero-order valence-corrected chi connectivity index (χ0v) is 10.5. The Morgan fingerprint density at radius 2 is 2.06 bits per heavy atom. The summed E-state index contributed by atoms with van der Waals surface area (Å²) in [6, 6.07) is 7.10. The molecule has 0 spiro atoms. The topological polar surface area (TPSA) is 26.3 Å². The zero-order valence-electron chi connectivity index (χ0n) is 9.70. The SMILES string of the molecule is CCCC(OCC)C(=O)c1ccccc1Cl. The minimum atomic E-state index is -0.366. The Morgan fingerprint density at radius 3 is 2.62 bits per heavy atom. The van der Waals surface area contributed by atoms with E-state index in [9.17, 15) is 4.79 Å². The Kier molecular flexibility index (Phi) is 5.50. The predicted molar refractivity (Wildman–Crippen MR) is 66.1 cm³/mol. The minimum Gasteiger partial charge on any atom is -0.370 e. The summed E-state index contributed by atoms with van der Waals surface area (Å²) in [5.41, 5.74) is 0.552. The second-order valence-electron chi connectivity index (χ2n) is 3.58. The van der Waals surface area contributed by atoms with Gasteiger partial charge in [0.05, 0.1) is 5.02 Å². The molecule has 0 aliphatic rings. The molecule has 0 bridgehead atoms. The molecule has 0 aliphatic heterocycles. The molecule has 1 aromatic carbocycles. The van der Waals surface area contributed by atoms with Crippen LogP contribution in [0.5, 0.6) is 0 Å². The second kappa shape index (κ2) is 6.66. The average Bonchev–Trinajstić information content (AvgIpc) is 2.28. The highest BCUT2D eigenvalue weighted by atomic mass is 35.5. The number of benzene rings is 1. The van der Waals surface area contributed by atoms with Crippen molar-refractivity contribution in [3.05, 3.63) is 34.9 Å². The molecule has 0 radical (unpaired) electrons. The molecule has 88 valence electrons. The predicted octanol–water partition coefficient (Wildman–Crippen LogP) is 3.73. The van der Waals surface area contributed by atoms with Gasteiger partial charge in [0.15, 0.2) is 5.78 Å². The van der Waals surface area contributed by atoms with Crippen LogP contribution < -0.4 is 0 Å². The molecular weight excluding hydrogens is 224 g/mol. The first-order chi connectivity index (χ1) is 7.70. The van der Waals surface area contributed by atoms with E-state index in [1.165, 1.54) is 0 Å². The molecule has 0 saturated carbocycles. The monoisotopic (exact) mass is 240 g/mol. The van der Waals surface area contributed by atoms with Crippen LogP contribution in [0.2, 0.25) is 5.02 Å². The molecule has 0 saturated heterocycles. The van der Waals surface area contributed by atoms with E-state index < -0.39 is 0 Å². The van der Waals surface area contributed by atoms with Crippen LogP contribution in [0.4, 0.5) is 0 Å². The van der Waals surface area contributed by atoms with E-state index in [1.807, 2.05) is 26.0 Å². The smallest absolute Gasteiger partial charge is 0.193 e. The fraction of sp³-hybridized carbons (Fsp3) is 0.462. The van der Waals surface area contributed by atoms with Crippen LogP contribution in [0.1, 0.15) is 37.0 Å². The Bertz CT molecular complexity index is 344. The van der Waals surface area contributed by atoms with Gasteiger partial charge >= 0.3 is 0 Å². The van der Waals surface area contributed by atoms with Gasteiger partial charge in [-0.05, 0) is 25.5 Å². The molecule has 0 amide bonds. The second-order valence-corrected chi connectivity index (χ2v) is 3.98. The number of carbonyl (C=O) groups is 1. The van der Waals surface area contributed by atoms with Gasteiger partial charge < -0.3 is 4.74 Å². The van der Waals surface area contributed by atoms with Gasteiger partial charge in [0.1, 0.15) is 6.10 Å². The number of hydrogen-bond donors (Lipinski definition) is 0. The maximum absolute atomic E-state index is 12.1. The van der Waals surface area contributed by atoms with E-state index in [-0.39, 0.29) is 11.9 Å². The van der Waals surface area contributed by atoms with Gasteiger partial charge in [0, 0.05) is 12.2 Å². The van der Waals surface area contributed by atoms with E-state index >= 15 is 0 Å². The zero-order chi connectivity index (χ0) is 12.0. The van der Waals surface area contributed by atoms with Crippen molar-refractivity contribution < 1.29 is 9.53 Å². The third-order valence-electron chi connectivity index (χ3n) is 2.35. The van der Waals surface area contributed by atoms with Gasteiger partial charge in [0.25, 0.3) is 0 Å². The largest absolute Gasteiger partial charge is 0.370 e. The minimum absolute atomic E-state index is 0.0192. The number of halogens is 1. The first-order valence-corrected chi connectivity index (χ1v) is 5.98. The molecule has 0 N–H and O–H groups in total. The van der Waals surface area contributed by atoms with Gasteiger partial charge in [-0.1, -0.05) is 37.1 Å². The molecular formula is C13H17ClO2. The molecule has 1 rings (SSSR count). The molecule has 0 heterocycles. The quantitative estimate of drug-likeness (QED) is 0.709. The summed E-state index contributed by atoms with van der Waals surface area (Å²) < 4.78 is 5.45. The number of ketones is 1. The highest BCUT2D eigenvalue weighted by molar-refractivity contribution is 6.34. The average molecular weight is 241 g/mol. The lowest BCUT2D eigenvalue weighted by Gasteiger charge is -2.15. The molecule has 1 unspecified atom stereocenters. The van der Waals surface area contributed by atoms with Crippen LogP contribution in [0.15, 0.2) is 24.3 Å². The fourth-order valence-electron chi connectivity index (χ4n) is 1.59. The van der Waals surface area contributed by atoms with Crippen molar-refractivity contribution >= 4 is 17.4 Å². The Morgan fingerprint density at radius 1 is 1.38 bits per heavy atom. The number of rotatable bonds is 6. The molecule has 0 fully saturated rings. The lowest BCUT2D eigenvalue weighted by atomic mass is 10.0. The summed E-state index contributed by atoms with van der Waals surface area (Å²) in [5.74, 6) is -0.0192. The summed E-state index contributed by atoms with van der Waals surface area (Å²) in [5, 5.41) is 0.494. The van der Waals surface area contributed by atoms with Crippen molar-refractivity contribution in [3.63, 3.8) is 0 Å². The third-order valence-corrected chi connectivity index (χ3v) is 2.68. The standard InChI is InChI=1S/C13H17ClO2/c1-3-7-12(16-4-2)13(15)10-8-5-6-9-11(10)14/h5-6,8-9,12H,3-4,7H2,1-2H3. The normalized spacial score (nSPS) is 12.4. The maximum Gasteiger partial charge on any atom is 0.193 e. The summed E-state index contributed by atoms with van der Waals surface area (Å²) in [7, 11) is 0. The van der Waals surface area contributed by atoms with Crippen LogP contribution in [-0.2, 0) is 4.74 Å². The summed E-state index contributed by atoms with van der Waals surface area (Å²) in [6.07, 6.45) is 1.29. The Hall–Kier alpha value is -0.860. The lowest BCUT2D eigenvalue weighted by Crippen LogP contribution is -2.24. The van der Waals surface area contributed by atoms with E-state index in [0.29, 0.717) is 17.2 Å². The van der Waals surface area contributed by atoms with Crippen LogP contribution >= 0.6 is 11.6 Å². The van der Waals surface area contributed by atoms with E-state index in [1.54, 1.807) is 12.1 Å². The van der Waals surface area contributed by atoms with Crippen molar-refractivity contribution in [1.82, 2.24) is 0 Å². The Labute approximate surface area is 102 Å². The van der Waals surface area contributed by atoms with Gasteiger partial charge in [-0.3, -0.25) is 4.79 Å². The van der Waals surface area contributed by atoms with Gasteiger partial charge in [0.2, 0.25) is 0 Å². The fourth-order valence-corrected chi connectivity index (χ4v) is 1.82. The highest BCUT2D eigenvalue weighted by Crippen LogP contribution is 2.19. The van der Waals surface area contributed by atoms with Crippen LogP contribution in [0.3, 0.4) is 0 Å². The summed E-state index contributed by atoms with van der Waals surface area (Å²) >= 11 is 5.99. The summed E-state index contributed by atoms with van der Waals surface area (Å²) in [4.78, 5) is 12.1. The number of hydrogen-bond acceptors (Lipinski definition) is 2. The maximum atomic E-state index is 12.1. The number of ether oxygens (including phenoxy) is 1. The third kappa shape index (κ3) is 3.32. The van der Waals surface area contributed by atoms with Crippen molar-refractivity contribution in [3.8, 4) is 0 Å². The molecule has 0 aromatic heterocycles. The highest BCUT2D eigenvalue weighted by Gasteiger charge is 2.21. The van der Waals surface area contributed by atoms with Gasteiger partial charge in [-0.2, -0.15) is 0 Å². The Balaban J connectivity index is 2.85. The van der Waals surface area contributed by atoms with Gasteiger partial charge in [-0.25, -0.2) is 0 Å².